The summed E-state index contributed by atoms with van der Waals surface area (Å²) in [6.45, 7) is 4.63. The maximum absolute atomic E-state index is 5.41. The van der Waals surface area contributed by atoms with Gasteiger partial charge in [0, 0.05) is 55.0 Å². The largest absolute Gasteiger partial charge is 0.309 e. The quantitative estimate of drug-likeness (QED) is 0.168. The Morgan fingerprint density at radius 2 is 0.785 bits per heavy atom. The van der Waals surface area contributed by atoms with Crippen molar-refractivity contribution in [3.63, 3.8) is 0 Å². The van der Waals surface area contributed by atoms with Gasteiger partial charge in [-0.05, 0) is 88.0 Å². The second kappa shape index (κ2) is 14.3. The fourth-order valence-corrected chi connectivity index (χ4v) is 10.5. The molecule has 0 unspecified atom stereocenters. The van der Waals surface area contributed by atoms with Gasteiger partial charge in [-0.1, -0.05) is 172 Å². The van der Waals surface area contributed by atoms with Gasteiger partial charge >= 0.3 is 0 Å². The van der Waals surface area contributed by atoms with Crippen LogP contribution in [-0.2, 0) is 5.41 Å². The molecule has 0 N–H and O–H groups in total. The second-order valence-corrected chi connectivity index (χ2v) is 17.6. The molecule has 13 rings (SSSR count). The predicted molar refractivity (Wildman–Crippen MR) is 268 cm³/mol. The number of aromatic nitrogens is 5. The number of hydrogen-bond acceptors (Lipinski definition) is 3. The lowest BCUT2D eigenvalue weighted by Gasteiger charge is -2.22. The molecule has 306 valence electrons. The third kappa shape index (κ3) is 5.75. The molecule has 0 radical (unpaired) electrons. The van der Waals surface area contributed by atoms with Crippen molar-refractivity contribution in [1.29, 1.82) is 0 Å². The first-order valence-electron chi connectivity index (χ1n) is 22.3. The van der Waals surface area contributed by atoms with E-state index in [1.807, 2.05) is 18.2 Å². The van der Waals surface area contributed by atoms with E-state index in [-0.39, 0.29) is 5.41 Å². The van der Waals surface area contributed by atoms with Gasteiger partial charge in [0.15, 0.2) is 17.5 Å². The SMILES string of the molecule is CC1(C)c2ccccc2-c2ccc(-c3nc(-c4ccccc4)nc(-c4cc(-n5c6ccccc6c6cc(-n7c8ccccc8c8ccccc87)ccc65)ccc4-c4ccccc4)n3)cc21. The number of nitrogens with zero attached hydrogens (tertiary/aromatic N) is 5. The van der Waals surface area contributed by atoms with Crippen LogP contribution in [0.2, 0.25) is 0 Å². The third-order valence-corrected chi connectivity index (χ3v) is 13.6. The van der Waals surface area contributed by atoms with Crippen molar-refractivity contribution in [2.45, 2.75) is 19.3 Å². The summed E-state index contributed by atoms with van der Waals surface area (Å²) >= 11 is 0. The van der Waals surface area contributed by atoms with Gasteiger partial charge in [-0.15, -0.1) is 0 Å². The molecule has 5 heteroatoms. The maximum atomic E-state index is 5.41. The topological polar surface area (TPSA) is 48.5 Å². The molecular formula is C60H41N5. The van der Waals surface area contributed by atoms with Gasteiger partial charge in [-0.3, -0.25) is 0 Å². The molecule has 3 aromatic heterocycles. The van der Waals surface area contributed by atoms with Crippen molar-refractivity contribution >= 4 is 43.6 Å². The minimum absolute atomic E-state index is 0.165. The molecule has 0 bridgehead atoms. The van der Waals surface area contributed by atoms with E-state index in [4.69, 9.17) is 15.0 Å². The van der Waals surface area contributed by atoms with Crippen molar-refractivity contribution in [3.05, 3.63) is 223 Å². The van der Waals surface area contributed by atoms with Gasteiger partial charge < -0.3 is 9.13 Å². The van der Waals surface area contributed by atoms with Crippen molar-refractivity contribution in [3.8, 4) is 67.8 Å². The lowest BCUT2D eigenvalue weighted by Crippen LogP contribution is -2.15. The summed E-state index contributed by atoms with van der Waals surface area (Å²) in [5.74, 6) is 1.89. The van der Waals surface area contributed by atoms with Crippen LogP contribution in [0.1, 0.15) is 25.0 Å². The highest BCUT2D eigenvalue weighted by molar-refractivity contribution is 6.12. The van der Waals surface area contributed by atoms with E-state index in [2.05, 4.69) is 217 Å². The Labute approximate surface area is 376 Å². The first-order chi connectivity index (χ1) is 32.0. The molecule has 5 nitrogen and oxygen atoms in total. The summed E-state index contributed by atoms with van der Waals surface area (Å²) in [7, 11) is 0. The molecule has 65 heavy (non-hydrogen) atoms. The third-order valence-electron chi connectivity index (χ3n) is 13.6. The van der Waals surface area contributed by atoms with Crippen molar-refractivity contribution < 1.29 is 0 Å². The van der Waals surface area contributed by atoms with Gasteiger partial charge in [-0.25, -0.2) is 15.0 Å². The first kappa shape index (κ1) is 37.2. The van der Waals surface area contributed by atoms with Gasteiger partial charge in [-0.2, -0.15) is 0 Å². The summed E-state index contributed by atoms with van der Waals surface area (Å²) in [6.07, 6.45) is 0. The van der Waals surface area contributed by atoms with Gasteiger partial charge in [0.1, 0.15) is 0 Å². The molecule has 9 aromatic carbocycles. The molecule has 0 aliphatic heterocycles. The highest BCUT2D eigenvalue weighted by Gasteiger charge is 2.35. The minimum Gasteiger partial charge on any atom is -0.309 e. The van der Waals surface area contributed by atoms with E-state index < -0.39 is 0 Å². The molecule has 0 saturated carbocycles. The summed E-state index contributed by atoms with van der Waals surface area (Å²) in [5.41, 5.74) is 16.8. The highest BCUT2D eigenvalue weighted by atomic mass is 15.0. The van der Waals surface area contributed by atoms with Crippen LogP contribution in [0.4, 0.5) is 0 Å². The van der Waals surface area contributed by atoms with Crippen LogP contribution in [0.3, 0.4) is 0 Å². The Kier molecular flexibility index (Phi) is 8.18. The minimum atomic E-state index is -0.165. The van der Waals surface area contributed by atoms with E-state index in [1.165, 1.54) is 54.8 Å². The molecule has 1 aliphatic carbocycles. The standard InChI is InChI=1S/C60H41N5/c1-60(2)51-25-13-9-21-44(51)45-32-29-40(35-52(45)60)58-61-57(39-19-7-4-8-20-39)62-59(63-58)50-37-41(30-33-43(50)38-17-5-3-6-18-38)65-55-28-16-12-24-48(55)49-36-42(31-34-56(49)65)64-53-26-14-10-22-46(53)47-23-11-15-27-54(47)64/h3-37H,1-2H3. The van der Waals surface area contributed by atoms with E-state index in [0.717, 1.165) is 50.2 Å². The molecule has 0 amide bonds. The van der Waals surface area contributed by atoms with Gasteiger partial charge in [0.05, 0.1) is 22.1 Å². The lowest BCUT2D eigenvalue weighted by molar-refractivity contribution is 0.660. The Morgan fingerprint density at radius 1 is 0.308 bits per heavy atom. The summed E-state index contributed by atoms with van der Waals surface area (Å²) < 4.78 is 4.78. The zero-order chi connectivity index (χ0) is 43.2. The molecular weight excluding hydrogens is 791 g/mol. The lowest BCUT2D eigenvalue weighted by atomic mass is 9.82. The summed E-state index contributed by atoms with van der Waals surface area (Å²) in [5, 5.41) is 4.87. The summed E-state index contributed by atoms with van der Waals surface area (Å²) in [4.78, 5) is 15.9. The number of rotatable bonds is 6. The van der Waals surface area contributed by atoms with Crippen molar-refractivity contribution in [2.24, 2.45) is 0 Å². The second-order valence-electron chi connectivity index (χ2n) is 17.6. The van der Waals surface area contributed by atoms with E-state index in [9.17, 15) is 0 Å². The van der Waals surface area contributed by atoms with Crippen LogP contribution in [0.5, 0.6) is 0 Å². The van der Waals surface area contributed by atoms with Crippen LogP contribution in [-0.4, -0.2) is 24.1 Å². The van der Waals surface area contributed by atoms with Crippen LogP contribution in [0.25, 0.3) is 111 Å². The van der Waals surface area contributed by atoms with Crippen molar-refractivity contribution in [2.75, 3.05) is 0 Å². The molecule has 3 heterocycles. The number of fused-ring (bicyclic) bond motifs is 9. The van der Waals surface area contributed by atoms with Gasteiger partial charge in [0.2, 0.25) is 0 Å². The Morgan fingerprint density at radius 3 is 1.46 bits per heavy atom. The Balaban J connectivity index is 1.03. The van der Waals surface area contributed by atoms with Crippen LogP contribution >= 0.6 is 0 Å². The Bertz CT molecular complexity index is 3800. The number of hydrogen-bond donors (Lipinski definition) is 0. The average Bonchev–Trinajstić information content (AvgIpc) is 3.96. The van der Waals surface area contributed by atoms with Crippen LogP contribution in [0.15, 0.2) is 212 Å². The number of benzene rings is 9. The molecule has 0 spiro atoms. The monoisotopic (exact) mass is 831 g/mol. The van der Waals surface area contributed by atoms with Crippen LogP contribution in [0, 0.1) is 0 Å². The van der Waals surface area contributed by atoms with E-state index >= 15 is 0 Å². The smallest absolute Gasteiger partial charge is 0.164 e. The fraction of sp³-hybridized carbons (Fsp3) is 0.0500. The molecule has 0 fully saturated rings. The predicted octanol–water partition coefficient (Wildman–Crippen LogP) is 15.0. The number of para-hydroxylation sites is 3. The fourth-order valence-electron chi connectivity index (χ4n) is 10.5. The van der Waals surface area contributed by atoms with Gasteiger partial charge in [0.25, 0.3) is 0 Å². The normalized spacial score (nSPS) is 12.9. The first-order valence-corrected chi connectivity index (χ1v) is 22.3. The van der Waals surface area contributed by atoms with Crippen LogP contribution < -0.4 is 0 Å². The van der Waals surface area contributed by atoms with E-state index in [1.54, 1.807) is 0 Å². The molecule has 12 aromatic rings. The Hall–Kier alpha value is -8.41. The zero-order valence-corrected chi connectivity index (χ0v) is 35.9. The van der Waals surface area contributed by atoms with Crippen molar-refractivity contribution in [1.82, 2.24) is 24.1 Å². The molecule has 0 saturated heterocycles. The molecule has 1 aliphatic rings. The summed E-state index contributed by atoms with van der Waals surface area (Å²) in [6, 6.07) is 76.0. The zero-order valence-electron chi connectivity index (χ0n) is 35.9. The highest BCUT2D eigenvalue weighted by Crippen LogP contribution is 2.49. The van der Waals surface area contributed by atoms with E-state index in [0.29, 0.717) is 17.5 Å². The maximum Gasteiger partial charge on any atom is 0.164 e. The average molecular weight is 832 g/mol. The molecule has 0 atom stereocenters.